The Balaban J connectivity index is 1.72. The molecule has 0 bridgehead atoms. The highest BCUT2D eigenvalue weighted by molar-refractivity contribution is 8.00. The summed E-state index contributed by atoms with van der Waals surface area (Å²) in [6, 6.07) is 4.08. The van der Waals surface area contributed by atoms with Gasteiger partial charge in [0.1, 0.15) is 0 Å². The molecule has 0 aromatic carbocycles. The summed E-state index contributed by atoms with van der Waals surface area (Å²) in [5.74, 6) is 1.12. The van der Waals surface area contributed by atoms with Crippen LogP contribution in [-0.2, 0) is 11.3 Å². The van der Waals surface area contributed by atoms with E-state index in [4.69, 9.17) is 0 Å². The average molecular weight is 365 g/mol. The Bertz CT molecular complexity index is 660. The van der Waals surface area contributed by atoms with E-state index in [1.165, 1.54) is 24.6 Å². The molecule has 2 aromatic rings. The van der Waals surface area contributed by atoms with Gasteiger partial charge in [-0.3, -0.25) is 4.79 Å². The number of carbonyl (C=O) groups is 1. The Hall–Kier alpha value is -1.34. The second-order valence-corrected chi connectivity index (χ2v) is 8.28. The molecule has 1 unspecified atom stereocenters. The van der Waals surface area contributed by atoms with E-state index in [-0.39, 0.29) is 11.2 Å². The zero-order valence-corrected chi connectivity index (χ0v) is 15.9. The molecule has 0 N–H and O–H groups in total. The van der Waals surface area contributed by atoms with Crippen LogP contribution in [-0.4, -0.2) is 43.9 Å². The Morgan fingerprint density at radius 3 is 2.67 bits per heavy atom. The maximum atomic E-state index is 12.7. The van der Waals surface area contributed by atoms with E-state index in [1.54, 1.807) is 11.3 Å². The number of likely N-dealkylation sites (tertiary alicyclic amines) is 1. The summed E-state index contributed by atoms with van der Waals surface area (Å²) in [6.07, 6.45) is 4.72. The molecule has 0 saturated carbocycles. The molecule has 3 heterocycles. The third-order valence-corrected chi connectivity index (χ3v) is 6.26. The normalized spacial score (nSPS) is 16.8. The van der Waals surface area contributed by atoms with Crippen LogP contribution in [0, 0.1) is 0 Å². The topological polar surface area (TPSA) is 51.0 Å². The summed E-state index contributed by atoms with van der Waals surface area (Å²) in [7, 11) is 0. The molecule has 1 atom stereocenters. The van der Waals surface area contributed by atoms with Crippen molar-refractivity contribution in [2.24, 2.45) is 0 Å². The molecule has 1 aliphatic heterocycles. The van der Waals surface area contributed by atoms with Crippen LogP contribution in [0.25, 0.3) is 10.7 Å². The van der Waals surface area contributed by atoms with E-state index < -0.39 is 0 Å². The maximum absolute atomic E-state index is 12.7. The van der Waals surface area contributed by atoms with Gasteiger partial charge in [0.05, 0.1) is 10.1 Å². The van der Waals surface area contributed by atoms with Crippen LogP contribution in [0.1, 0.15) is 39.5 Å². The second-order valence-electron chi connectivity index (χ2n) is 6.03. The van der Waals surface area contributed by atoms with Crippen LogP contribution in [0.4, 0.5) is 0 Å². The molecule has 130 valence electrons. The van der Waals surface area contributed by atoms with Crippen molar-refractivity contribution in [3.8, 4) is 10.7 Å². The van der Waals surface area contributed by atoms with E-state index in [0.29, 0.717) is 0 Å². The lowest BCUT2D eigenvalue weighted by molar-refractivity contribution is -0.130. The number of hydrogen-bond acceptors (Lipinski definition) is 5. The summed E-state index contributed by atoms with van der Waals surface area (Å²) in [5, 5.41) is 11.4. The van der Waals surface area contributed by atoms with Gasteiger partial charge in [-0.15, -0.1) is 21.5 Å². The van der Waals surface area contributed by atoms with Gasteiger partial charge >= 0.3 is 0 Å². The zero-order valence-electron chi connectivity index (χ0n) is 14.3. The van der Waals surface area contributed by atoms with Gasteiger partial charge in [0.2, 0.25) is 5.91 Å². The van der Waals surface area contributed by atoms with Crippen molar-refractivity contribution in [3.63, 3.8) is 0 Å². The fourth-order valence-electron chi connectivity index (χ4n) is 3.01. The lowest BCUT2D eigenvalue weighted by Crippen LogP contribution is -2.37. The lowest BCUT2D eigenvalue weighted by atomic mass is 10.2. The highest BCUT2D eigenvalue weighted by Crippen LogP contribution is 2.29. The van der Waals surface area contributed by atoms with Crippen molar-refractivity contribution in [3.05, 3.63) is 17.5 Å². The average Bonchev–Trinajstić information content (AvgIpc) is 3.16. The maximum Gasteiger partial charge on any atom is 0.235 e. The third-order valence-electron chi connectivity index (χ3n) is 4.32. The van der Waals surface area contributed by atoms with Crippen LogP contribution in [0.3, 0.4) is 0 Å². The second kappa shape index (κ2) is 8.16. The highest BCUT2D eigenvalue weighted by Gasteiger charge is 2.25. The van der Waals surface area contributed by atoms with Crippen LogP contribution in [0.2, 0.25) is 0 Å². The minimum atomic E-state index is -0.131. The highest BCUT2D eigenvalue weighted by atomic mass is 32.2. The summed E-state index contributed by atoms with van der Waals surface area (Å²) >= 11 is 3.19. The number of carbonyl (C=O) groups excluding carboxylic acids is 1. The van der Waals surface area contributed by atoms with E-state index >= 15 is 0 Å². The first-order chi connectivity index (χ1) is 11.7. The Labute approximate surface area is 151 Å². The molecule has 0 radical (unpaired) electrons. The minimum absolute atomic E-state index is 0.131. The fourth-order valence-corrected chi connectivity index (χ4v) is 4.72. The van der Waals surface area contributed by atoms with Crippen LogP contribution in [0.5, 0.6) is 0 Å². The number of rotatable bonds is 5. The number of hydrogen-bond donors (Lipinski definition) is 0. The van der Waals surface area contributed by atoms with Crippen molar-refractivity contribution in [2.75, 3.05) is 13.1 Å². The molecule has 1 fully saturated rings. The quantitative estimate of drug-likeness (QED) is 0.755. The molecule has 24 heavy (non-hydrogen) atoms. The van der Waals surface area contributed by atoms with Crippen LogP contribution >= 0.6 is 23.1 Å². The van der Waals surface area contributed by atoms with Gasteiger partial charge in [0.15, 0.2) is 11.0 Å². The Morgan fingerprint density at radius 1 is 1.29 bits per heavy atom. The van der Waals surface area contributed by atoms with Gasteiger partial charge in [0, 0.05) is 19.6 Å². The molecule has 7 heteroatoms. The number of amides is 1. The first-order valence-corrected chi connectivity index (χ1v) is 10.4. The summed E-state index contributed by atoms with van der Waals surface area (Å²) in [6.45, 7) is 6.66. The van der Waals surface area contributed by atoms with Crippen molar-refractivity contribution in [1.82, 2.24) is 19.7 Å². The third kappa shape index (κ3) is 3.83. The predicted molar refractivity (Wildman–Crippen MR) is 99.4 cm³/mol. The zero-order chi connectivity index (χ0) is 16.9. The van der Waals surface area contributed by atoms with Crippen LogP contribution < -0.4 is 0 Å². The van der Waals surface area contributed by atoms with E-state index in [9.17, 15) is 4.79 Å². The first-order valence-electron chi connectivity index (χ1n) is 8.63. The molecule has 2 aromatic heterocycles. The Kier molecular flexibility index (Phi) is 5.94. The summed E-state index contributed by atoms with van der Waals surface area (Å²) in [5.41, 5.74) is 0. The van der Waals surface area contributed by atoms with E-state index in [1.807, 2.05) is 23.3 Å². The number of thiophene rings is 1. The lowest BCUT2D eigenvalue weighted by Gasteiger charge is -2.23. The SMILES string of the molecule is CCn1c(SC(C)C(=O)N2CCCCCC2)nnc1-c1cccs1. The molecule has 0 spiro atoms. The standard InChI is InChI=1S/C17H24N4OS2/c1-3-21-15(14-9-8-12-23-14)18-19-17(21)24-13(2)16(22)20-10-6-4-5-7-11-20/h8-9,12-13H,3-7,10-11H2,1-2H3. The van der Waals surface area contributed by atoms with Gasteiger partial charge in [-0.05, 0) is 38.1 Å². The Morgan fingerprint density at radius 2 is 2.04 bits per heavy atom. The van der Waals surface area contributed by atoms with Gasteiger partial charge in [-0.25, -0.2) is 0 Å². The monoisotopic (exact) mass is 364 g/mol. The van der Waals surface area contributed by atoms with E-state index in [0.717, 1.165) is 48.3 Å². The largest absolute Gasteiger partial charge is 0.342 e. The minimum Gasteiger partial charge on any atom is -0.342 e. The fraction of sp³-hybridized carbons (Fsp3) is 0.588. The molecular formula is C17H24N4OS2. The summed E-state index contributed by atoms with van der Waals surface area (Å²) < 4.78 is 2.10. The molecule has 1 aliphatic rings. The molecular weight excluding hydrogens is 340 g/mol. The molecule has 0 aliphatic carbocycles. The first kappa shape index (κ1) is 17.5. The molecule has 1 saturated heterocycles. The van der Waals surface area contributed by atoms with Crippen molar-refractivity contribution in [1.29, 1.82) is 0 Å². The predicted octanol–water partition coefficient (Wildman–Crippen LogP) is 3.91. The van der Waals surface area contributed by atoms with Crippen molar-refractivity contribution >= 4 is 29.0 Å². The van der Waals surface area contributed by atoms with Gasteiger partial charge in [0.25, 0.3) is 0 Å². The molecule has 3 rings (SSSR count). The smallest absolute Gasteiger partial charge is 0.235 e. The molecule has 1 amide bonds. The van der Waals surface area contributed by atoms with Gasteiger partial charge in [-0.2, -0.15) is 0 Å². The number of nitrogens with zero attached hydrogens (tertiary/aromatic N) is 4. The van der Waals surface area contributed by atoms with Crippen molar-refractivity contribution in [2.45, 2.75) is 56.5 Å². The van der Waals surface area contributed by atoms with Gasteiger partial charge < -0.3 is 9.47 Å². The van der Waals surface area contributed by atoms with E-state index in [2.05, 4.69) is 27.8 Å². The number of thioether (sulfide) groups is 1. The molecule has 5 nitrogen and oxygen atoms in total. The van der Waals surface area contributed by atoms with Crippen LogP contribution in [0.15, 0.2) is 22.7 Å². The number of aromatic nitrogens is 3. The van der Waals surface area contributed by atoms with Gasteiger partial charge in [-0.1, -0.05) is 30.7 Å². The summed E-state index contributed by atoms with van der Waals surface area (Å²) in [4.78, 5) is 15.9. The van der Waals surface area contributed by atoms with Crippen molar-refractivity contribution < 1.29 is 4.79 Å².